The topological polar surface area (TPSA) is 50.4 Å². The number of amides is 1. The molecule has 0 heterocycles. The van der Waals surface area contributed by atoms with E-state index in [9.17, 15) is 4.79 Å². The number of ether oxygens (including phenoxy) is 1. The summed E-state index contributed by atoms with van der Waals surface area (Å²) in [4.78, 5) is 11.9. The number of carbonyl (C=O) groups excluding carboxylic acids is 1. The van der Waals surface area contributed by atoms with Gasteiger partial charge < -0.3 is 15.4 Å². The quantitative estimate of drug-likeness (QED) is 0.561. The summed E-state index contributed by atoms with van der Waals surface area (Å²) >= 11 is 5.82. The van der Waals surface area contributed by atoms with E-state index in [1.807, 2.05) is 24.3 Å². The average Bonchev–Trinajstić information content (AvgIpc) is 2.63. The Labute approximate surface area is 154 Å². The second-order valence-corrected chi connectivity index (χ2v) is 6.28. The van der Waals surface area contributed by atoms with Crippen molar-refractivity contribution in [2.45, 2.75) is 32.6 Å². The van der Waals surface area contributed by atoms with Crippen LogP contribution in [-0.2, 0) is 4.79 Å². The number of unbranched alkanes of at least 4 members (excludes halogenated alkanes) is 3. The fraction of sp³-hybridized carbons (Fsp3) is 0.350. The molecule has 0 aliphatic heterocycles. The van der Waals surface area contributed by atoms with E-state index < -0.39 is 0 Å². The molecule has 0 unspecified atom stereocenters. The van der Waals surface area contributed by atoms with Gasteiger partial charge in [-0.1, -0.05) is 37.8 Å². The molecule has 0 aromatic heterocycles. The predicted molar refractivity (Wildman–Crippen MR) is 105 cm³/mol. The molecule has 0 aliphatic rings. The fourth-order valence-corrected chi connectivity index (χ4v) is 2.43. The molecule has 0 radical (unpaired) electrons. The van der Waals surface area contributed by atoms with Gasteiger partial charge in [-0.05, 0) is 55.0 Å². The third-order valence-corrected chi connectivity index (χ3v) is 3.95. The highest BCUT2D eigenvalue weighted by molar-refractivity contribution is 6.30. The molecule has 2 rings (SSSR count). The van der Waals surface area contributed by atoms with Gasteiger partial charge in [0, 0.05) is 16.4 Å². The van der Waals surface area contributed by atoms with Crippen molar-refractivity contribution < 1.29 is 9.53 Å². The van der Waals surface area contributed by atoms with Crippen LogP contribution in [0.4, 0.5) is 11.4 Å². The van der Waals surface area contributed by atoms with Gasteiger partial charge in [-0.3, -0.25) is 4.79 Å². The van der Waals surface area contributed by atoms with E-state index in [1.165, 1.54) is 19.3 Å². The molecule has 2 aromatic carbocycles. The van der Waals surface area contributed by atoms with Crippen molar-refractivity contribution in [3.05, 3.63) is 53.6 Å². The van der Waals surface area contributed by atoms with Crippen molar-refractivity contribution in [1.29, 1.82) is 0 Å². The SMILES string of the molecule is CCCCCCOc1ccc(NCC(=O)Nc2ccc(Cl)cc2)cc1. The Morgan fingerprint density at radius 3 is 2.32 bits per heavy atom. The van der Waals surface area contributed by atoms with Crippen LogP contribution in [0.3, 0.4) is 0 Å². The number of hydrogen-bond acceptors (Lipinski definition) is 3. The Morgan fingerprint density at radius 1 is 0.960 bits per heavy atom. The van der Waals surface area contributed by atoms with Gasteiger partial charge in [0.2, 0.25) is 5.91 Å². The van der Waals surface area contributed by atoms with E-state index in [2.05, 4.69) is 17.6 Å². The number of rotatable bonds is 10. The lowest BCUT2D eigenvalue weighted by Crippen LogP contribution is -2.21. The van der Waals surface area contributed by atoms with Crippen LogP contribution in [0.1, 0.15) is 32.6 Å². The van der Waals surface area contributed by atoms with Gasteiger partial charge in [-0.2, -0.15) is 0 Å². The molecule has 2 N–H and O–H groups in total. The molecule has 134 valence electrons. The third-order valence-electron chi connectivity index (χ3n) is 3.70. The minimum absolute atomic E-state index is 0.112. The van der Waals surface area contributed by atoms with Gasteiger partial charge in [0.25, 0.3) is 0 Å². The monoisotopic (exact) mass is 360 g/mol. The molecule has 0 bridgehead atoms. The first-order valence-corrected chi connectivity index (χ1v) is 9.07. The summed E-state index contributed by atoms with van der Waals surface area (Å²) < 4.78 is 5.70. The van der Waals surface area contributed by atoms with Crippen LogP contribution in [0.25, 0.3) is 0 Å². The van der Waals surface area contributed by atoms with Crippen molar-refractivity contribution in [1.82, 2.24) is 0 Å². The van der Waals surface area contributed by atoms with E-state index in [0.717, 1.165) is 30.2 Å². The van der Waals surface area contributed by atoms with E-state index >= 15 is 0 Å². The number of hydrogen-bond donors (Lipinski definition) is 2. The smallest absolute Gasteiger partial charge is 0.243 e. The lowest BCUT2D eigenvalue weighted by atomic mass is 10.2. The number of nitrogens with one attached hydrogen (secondary N) is 2. The summed E-state index contributed by atoms with van der Waals surface area (Å²) in [6, 6.07) is 14.7. The molecule has 0 atom stereocenters. The van der Waals surface area contributed by atoms with E-state index in [-0.39, 0.29) is 12.5 Å². The zero-order valence-corrected chi connectivity index (χ0v) is 15.3. The number of carbonyl (C=O) groups is 1. The largest absolute Gasteiger partial charge is 0.494 e. The summed E-state index contributed by atoms with van der Waals surface area (Å²) in [7, 11) is 0. The number of halogens is 1. The summed E-state index contributed by atoms with van der Waals surface area (Å²) in [5.41, 5.74) is 1.60. The van der Waals surface area contributed by atoms with Gasteiger partial charge in [0.05, 0.1) is 13.2 Å². The first kappa shape index (κ1) is 19.1. The maximum Gasteiger partial charge on any atom is 0.243 e. The molecule has 0 fully saturated rings. The summed E-state index contributed by atoms with van der Waals surface area (Å²) in [5.74, 6) is 0.742. The van der Waals surface area contributed by atoms with Crippen LogP contribution in [0.5, 0.6) is 5.75 Å². The minimum Gasteiger partial charge on any atom is -0.494 e. The molecular formula is C20H25ClN2O2. The number of benzene rings is 2. The van der Waals surface area contributed by atoms with Gasteiger partial charge in [-0.25, -0.2) is 0 Å². The summed E-state index contributed by atoms with van der Waals surface area (Å²) in [5, 5.41) is 6.55. The maximum absolute atomic E-state index is 11.9. The first-order valence-electron chi connectivity index (χ1n) is 8.69. The molecular weight excluding hydrogens is 336 g/mol. The molecule has 0 saturated carbocycles. The molecule has 25 heavy (non-hydrogen) atoms. The second-order valence-electron chi connectivity index (χ2n) is 5.84. The van der Waals surface area contributed by atoms with E-state index in [1.54, 1.807) is 24.3 Å². The highest BCUT2D eigenvalue weighted by Gasteiger charge is 2.03. The van der Waals surface area contributed by atoms with E-state index in [0.29, 0.717) is 5.02 Å². The maximum atomic E-state index is 11.9. The molecule has 1 amide bonds. The Hall–Kier alpha value is -2.20. The Bertz CT molecular complexity index is 642. The van der Waals surface area contributed by atoms with Crippen LogP contribution in [0, 0.1) is 0 Å². The average molecular weight is 361 g/mol. The van der Waals surface area contributed by atoms with Crippen molar-refractivity contribution in [2.24, 2.45) is 0 Å². The van der Waals surface area contributed by atoms with Crippen LogP contribution >= 0.6 is 11.6 Å². The zero-order chi connectivity index (χ0) is 17.9. The second kappa shape index (κ2) is 10.6. The van der Waals surface area contributed by atoms with Crippen molar-refractivity contribution >= 4 is 28.9 Å². The standard InChI is InChI=1S/C20H25ClN2O2/c1-2-3-4-5-14-25-19-12-10-17(11-13-19)22-15-20(24)23-18-8-6-16(21)7-9-18/h6-13,22H,2-5,14-15H2,1H3,(H,23,24). The van der Waals surface area contributed by atoms with E-state index in [4.69, 9.17) is 16.3 Å². The lowest BCUT2D eigenvalue weighted by Gasteiger charge is -2.09. The van der Waals surface area contributed by atoms with Gasteiger partial charge >= 0.3 is 0 Å². The minimum atomic E-state index is -0.112. The van der Waals surface area contributed by atoms with Crippen molar-refractivity contribution in [3.63, 3.8) is 0 Å². The molecule has 0 aliphatic carbocycles. The van der Waals surface area contributed by atoms with Crippen LogP contribution in [0.15, 0.2) is 48.5 Å². The lowest BCUT2D eigenvalue weighted by molar-refractivity contribution is -0.114. The fourth-order valence-electron chi connectivity index (χ4n) is 2.31. The zero-order valence-electron chi connectivity index (χ0n) is 14.6. The highest BCUT2D eigenvalue weighted by atomic mass is 35.5. The summed E-state index contributed by atoms with van der Waals surface area (Å²) in [6.45, 7) is 3.14. The Kier molecular flexibility index (Phi) is 8.13. The third kappa shape index (κ3) is 7.48. The molecule has 0 spiro atoms. The Balaban J connectivity index is 1.69. The molecule has 0 saturated heterocycles. The van der Waals surface area contributed by atoms with Crippen LogP contribution in [0.2, 0.25) is 5.02 Å². The van der Waals surface area contributed by atoms with Crippen LogP contribution < -0.4 is 15.4 Å². The van der Waals surface area contributed by atoms with Crippen molar-refractivity contribution in [2.75, 3.05) is 23.8 Å². The molecule has 2 aromatic rings. The van der Waals surface area contributed by atoms with Gasteiger partial charge in [0.15, 0.2) is 0 Å². The first-order chi connectivity index (χ1) is 12.2. The normalized spacial score (nSPS) is 10.3. The molecule has 4 nitrogen and oxygen atoms in total. The van der Waals surface area contributed by atoms with Gasteiger partial charge in [-0.15, -0.1) is 0 Å². The molecule has 5 heteroatoms. The van der Waals surface area contributed by atoms with Crippen molar-refractivity contribution in [3.8, 4) is 5.75 Å². The predicted octanol–water partition coefficient (Wildman–Crippen LogP) is 5.35. The van der Waals surface area contributed by atoms with Gasteiger partial charge in [0.1, 0.15) is 5.75 Å². The highest BCUT2D eigenvalue weighted by Crippen LogP contribution is 2.16. The Morgan fingerprint density at radius 2 is 1.64 bits per heavy atom. The summed E-state index contributed by atoms with van der Waals surface area (Å²) in [6.07, 6.45) is 4.77. The number of anilines is 2. The van der Waals surface area contributed by atoms with Crippen LogP contribution in [-0.4, -0.2) is 19.1 Å².